The Morgan fingerprint density at radius 1 is 1.11 bits per heavy atom. The molecule has 0 saturated carbocycles. The van der Waals surface area contributed by atoms with E-state index in [1.54, 1.807) is 6.92 Å². The third-order valence-electron chi connectivity index (χ3n) is 2.52. The molecule has 0 amide bonds. The summed E-state index contributed by atoms with van der Waals surface area (Å²) in [4.78, 5) is 22.9. The van der Waals surface area contributed by atoms with Crippen molar-refractivity contribution in [2.75, 3.05) is 13.2 Å². The van der Waals surface area contributed by atoms with Crippen molar-refractivity contribution in [2.45, 2.75) is 33.1 Å². The number of ether oxygens (including phenoxy) is 2. The van der Waals surface area contributed by atoms with Crippen molar-refractivity contribution in [2.24, 2.45) is 0 Å². The molecule has 0 saturated heterocycles. The third kappa shape index (κ3) is 6.04. The van der Waals surface area contributed by atoms with Gasteiger partial charge in [0.25, 0.3) is 0 Å². The molecule has 0 heterocycles. The highest BCUT2D eigenvalue weighted by Gasteiger charge is 2.09. The smallest absolute Gasteiger partial charge is 0.306 e. The van der Waals surface area contributed by atoms with Gasteiger partial charge in [0.1, 0.15) is 11.5 Å². The number of ketones is 1. The molecule has 0 radical (unpaired) electrons. The van der Waals surface area contributed by atoms with Gasteiger partial charge in [-0.25, -0.2) is 0 Å². The highest BCUT2D eigenvalue weighted by atomic mass is 16.5. The van der Waals surface area contributed by atoms with E-state index in [4.69, 9.17) is 9.47 Å². The highest BCUT2D eigenvalue weighted by Crippen LogP contribution is 2.14. The van der Waals surface area contributed by atoms with Crippen molar-refractivity contribution in [3.05, 3.63) is 29.8 Å². The first-order chi connectivity index (χ1) is 9.15. The third-order valence-corrected chi connectivity index (χ3v) is 2.52. The second kappa shape index (κ2) is 8.29. The summed E-state index contributed by atoms with van der Waals surface area (Å²) < 4.78 is 10.2. The summed E-state index contributed by atoms with van der Waals surface area (Å²) in [5, 5.41) is 0. The summed E-state index contributed by atoms with van der Waals surface area (Å²) in [7, 11) is 0. The minimum absolute atomic E-state index is 0.0294. The lowest BCUT2D eigenvalue weighted by molar-refractivity contribution is -0.144. The fraction of sp³-hybridized carbons (Fsp3) is 0.467. The standard InChI is InChI=1S/C15H20O4/c1-3-18-14-7-5-6-12(11-14)10-13(16)8-9-15(17)19-4-2/h5-7,11H,3-4,8-10H2,1-2H3. The van der Waals surface area contributed by atoms with E-state index in [2.05, 4.69) is 0 Å². The zero-order valence-corrected chi connectivity index (χ0v) is 11.5. The number of carbonyl (C=O) groups is 2. The maximum atomic E-state index is 11.7. The summed E-state index contributed by atoms with van der Waals surface area (Å²) in [6, 6.07) is 7.45. The molecule has 0 bridgehead atoms. The van der Waals surface area contributed by atoms with Crippen molar-refractivity contribution < 1.29 is 19.1 Å². The minimum atomic E-state index is -0.320. The van der Waals surface area contributed by atoms with E-state index in [9.17, 15) is 9.59 Å². The summed E-state index contributed by atoms with van der Waals surface area (Å²) in [5.74, 6) is 0.471. The lowest BCUT2D eigenvalue weighted by atomic mass is 10.1. The van der Waals surface area contributed by atoms with E-state index in [0.29, 0.717) is 19.6 Å². The maximum absolute atomic E-state index is 11.7. The molecule has 0 atom stereocenters. The van der Waals surface area contributed by atoms with Crippen LogP contribution in [0.25, 0.3) is 0 Å². The molecule has 0 spiro atoms. The molecular formula is C15H20O4. The maximum Gasteiger partial charge on any atom is 0.306 e. The zero-order valence-electron chi connectivity index (χ0n) is 11.5. The van der Waals surface area contributed by atoms with Crippen LogP contribution in [0.1, 0.15) is 32.3 Å². The molecule has 0 aliphatic carbocycles. The van der Waals surface area contributed by atoms with Gasteiger partial charge in [0.2, 0.25) is 0 Å². The number of esters is 1. The quantitative estimate of drug-likeness (QED) is 0.677. The first kappa shape index (κ1) is 15.2. The second-order valence-electron chi connectivity index (χ2n) is 4.10. The van der Waals surface area contributed by atoms with Crippen molar-refractivity contribution >= 4 is 11.8 Å². The minimum Gasteiger partial charge on any atom is -0.494 e. The van der Waals surface area contributed by atoms with Gasteiger partial charge >= 0.3 is 5.97 Å². The molecule has 0 aliphatic heterocycles. The predicted octanol–water partition coefficient (Wildman–Crippen LogP) is 2.54. The Balaban J connectivity index is 2.43. The van der Waals surface area contributed by atoms with Gasteiger partial charge in [0.05, 0.1) is 19.6 Å². The van der Waals surface area contributed by atoms with Crippen LogP contribution in [0.2, 0.25) is 0 Å². The Labute approximate surface area is 113 Å². The average Bonchev–Trinajstić information content (AvgIpc) is 2.38. The predicted molar refractivity (Wildman–Crippen MR) is 72.2 cm³/mol. The van der Waals surface area contributed by atoms with E-state index in [1.165, 1.54) is 0 Å². The molecule has 1 aromatic carbocycles. The van der Waals surface area contributed by atoms with Crippen molar-refractivity contribution in [3.63, 3.8) is 0 Å². The van der Waals surface area contributed by atoms with Crippen LogP contribution in [0.3, 0.4) is 0 Å². The van der Waals surface area contributed by atoms with E-state index in [0.717, 1.165) is 11.3 Å². The lowest BCUT2D eigenvalue weighted by Crippen LogP contribution is -2.09. The Kier molecular flexibility index (Phi) is 6.64. The van der Waals surface area contributed by atoms with Crippen molar-refractivity contribution in [1.29, 1.82) is 0 Å². The fourth-order valence-corrected chi connectivity index (χ4v) is 1.70. The summed E-state index contributed by atoms with van der Waals surface area (Å²) in [6.07, 6.45) is 0.690. The van der Waals surface area contributed by atoms with Crippen LogP contribution in [-0.4, -0.2) is 25.0 Å². The van der Waals surface area contributed by atoms with Gasteiger partial charge < -0.3 is 9.47 Å². The number of hydrogen-bond donors (Lipinski definition) is 0. The van der Waals surface area contributed by atoms with Crippen LogP contribution >= 0.6 is 0 Å². The van der Waals surface area contributed by atoms with Crippen LogP contribution in [-0.2, 0) is 20.7 Å². The Bertz CT molecular complexity index is 426. The largest absolute Gasteiger partial charge is 0.494 e. The topological polar surface area (TPSA) is 52.6 Å². The van der Waals surface area contributed by atoms with Crippen molar-refractivity contribution in [1.82, 2.24) is 0 Å². The summed E-state index contributed by atoms with van der Waals surface area (Å²) in [5.41, 5.74) is 0.903. The van der Waals surface area contributed by atoms with Gasteiger partial charge in [-0.3, -0.25) is 9.59 Å². The number of carbonyl (C=O) groups excluding carboxylic acids is 2. The van der Waals surface area contributed by atoms with Gasteiger partial charge in [0, 0.05) is 12.8 Å². The number of hydrogen-bond acceptors (Lipinski definition) is 4. The monoisotopic (exact) mass is 264 g/mol. The van der Waals surface area contributed by atoms with Crippen LogP contribution < -0.4 is 4.74 Å². The molecule has 4 heteroatoms. The zero-order chi connectivity index (χ0) is 14.1. The molecule has 19 heavy (non-hydrogen) atoms. The van der Waals surface area contributed by atoms with Crippen LogP contribution in [0.5, 0.6) is 5.75 Å². The van der Waals surface area contributed by atoms with Crippen LogP contribution in [0.4, 0.5) is 0 Å². The van der Waals surface area contributed by atoms with E-state index in [-0.39, 0.29) is 24.6 Å². The normalized spacial score (nSPS) is 10.0. The molecule has 1 rings (SSSR count). The van der Waals surface area contributed by atoms with Crippen LogP contribution in [0.15, 0.2) is 24.3 Å². The van der Waals surface area contributed by atoms with Crippen molar-refractivity contribution in [3.8, 4) is 5.75 Å². The SMILES string of the molecule is CCOC(=O)CCC(=O)Cc1cccc(OCC)c1. The molecule has 1 aromatic rings. The van der Waals surface area contributed by atoms with E-state index >= 15 is 0 Å². The van der Waals surface area contributed by atoms with E-state index in [1.807, 2.05) is 31.2 Å². The number of Topliss-reactive ketones (excluding diaryl/α,β-unsaturated/α-hetero) is 1. The van der Waals surface area contributed by atoms with Gasteiger partial charge in [-0.15, -0.1) is 0 Å². The van der Waals surface area contributed by atoms with Gasteiger partial charge in [-0.1, -0.05) is 12.1 Å². The molecule has 0 aliphatic rings. The summed E-state index contributed by atoms with van der Waals surface area (Å²) >= 11 is 0. The molecule has 0 fully saturated rings. The lowest BCUT2D eigenvalue weighted by Gasteiger charge is -2.06. The Hall–Kier alpha value is -1.84. The molecule has 104 valence electrons. The molecule has 0 aromatic heterocycles. The molecule has 0 unspecified atom stereocenters. The Morgan fingerprint density at radius 2 is 1.89 bits per heavy atom. The van der Waals surface area contributed by atoms with Gasteiger partial charge in [-0.05, 0) is 31.5 Å². The highest BCUT2D eigenvalue weighted by molar-refractivity contribution is 5.84. The first-order valence-corrected chi connectivity index (χ1v) is 6.54. The number of rotatable bonds is 8. The molecule has 0 N–H and O–H groups in total. The fourth-order valence-electron chi connectivity index (χ4n) is 1.70. The van der Waals surface area contributed by atoms with E-state index < -0.39 is 0 Å². The first-order valence-electron chi connectivity index (χ1n) is 6.54. The van der Waals surface area contributed by atoms with Gasteiger partial charge in [0.15, 0.2) is 0 Å². The molecular weight excluding hydrogens is 244 g/mol. The molecule has 4 nitrogen and oxygen atoms in total. The van der Waals surface area contributed by atoms with Crippen LogP contribution in [0, 0.1) is 0 Å². The van der Waals surface area contributed by atoms with Gasteiger partial charge in [-0.2, -0.15) is 0 Å². The Morgan fingerprint density at radius 3 is 2.58 bits per heavy atom. The average molecular weight is 264 g/mol. The second-order valence-corrected chi connectivity index (χ2v) is 4.10. The summed E-state index contributed by atoms with van der Waals surface area (Å²) in [6.45, 7) is 4.61. The number of benzene rings is 1.